The summed E-state index contributed by atoms with van der Waals surface area (Å²) in [5.41, 5.74) is 3.42. The summed E-state index contributed by atoms with van der Waals surface area (Å²) in [6.45, 7) is 0.534. The van der Waals surface area contributed by atoms with Gasteiger partial charge in [0.15, 0.2) is 0 Å². The van der Waals surface area contributed by atoms with Crippen LogP contribution in [0.3, 0.4) is 0 Å². The fraction of sp³-hybridized carbons (Fsp3) is 0.200. The first-order valence-electron chi connectivity index (χ1n) is 6.42. The highest BCUT2D eigenvalue weighted by atomic mass is 19.1. The average molecular weight is 295 g/mol. The van der Waals surface area contributed by atoms with Gasteiger partial charge in [-0.05, 0) is 24.1 Å². The number of halogens is 3. The van der Waals surface area contributed by atoms with E-state index in [0.29, 0.717) is 18.6 Å². The summed E-state index contributed by atoms with van der Waals surface area (Å²) >= 11 is 0. The molecule has 2 aromatic carbocycles. The molecule has 1 fully saturated rings. The Hall–Kier alpha value is -2.05. The molecule has 0 saturated carbocycles. The minimum atomic E-state index is -0.757. The van der Waals surface area contributed by atoms with Crippen molar-refractivity contribution in [3.05, 3.63) is 59.4 Å². The Morgan fingerprint density at radius 2 is 1.52 bits per heavy atom. The van der Waals surface area contributed by atoms with Gasteiger partial charge in [0.2, 0.25) is 0 Å². The normalized spacial score (nSPS) is 18.0. The quantitative estimate of drug-likeness (QED) is 0.932. The third-order valence-corrected chi connectivity index (χ3v) is 3.10. The maximum absolute atomic E-state index is 13.6. The Balaban J connectivity index is 1.87. The zero-order valence-corrected chi connectivity index (χ0v) is 10.9. The molecule has 1 saturated heterocycles. The molecule has 0 radical (unpaired) electrons. The van der Waals surface area contributed by atoms with Crippen LogP contribution in [0.4, 0.5) is 13.2 Å². The fourth-order valence-corrected chi connectivity index (χ4v) is 2.20. The Labute approximate surface area is 119 Å². The Bertz CT molecular complexity index is 637. The molecule has 1 aliphatic rings. The van der Waals surface area contributed by atoms with Gasteiger partial charge in [-0.15, -0.1) is 0 Å². The first-order chi connectivity index (χ1) is 10.1. The van der Waals surface area contributed by atoms with Crippen molar-refractivity contribution in [1.82, 2.24) is 5.48 Å². The van der Waals surface area contributed by atoms with Crippen LogP contribution in [0.15, 0.2) is 36.4 Å². The van der Waals surface area contributed by atoms with Gasteiger partial charge >= 0.3 is 0 Å². The molecular weight excluding hydrogens is 283 g/mol. The molecule has 0 unspecified atom stereocenters. The predicted molar refractivity (Wildman–Crippen MR) is 69.3 cm³/mol. The smallest absolute Gasteiger partial charge is 0.133 e. The number of hydrogen-bond acceptors (Lipinski definition) is 3. The van der Waals surface area contributed by atoms with Gasteiger partial charge in [0.1, 0.15) is 29.0 Å². The average Bonchev–Trinajstić information content (AvgIpc) is 2.90. The van der Waals surface area contributed by atoms with E-state index in [9.17, 15) is 13.2 Å². The molecule has 110 valence electrons. The van der Waals surface area contributed by atoms with E-state index in [2.05, 4.69) is 5.48 Å². The Kier molecular flexibility index (Phi) is 3.81. The molecule has 3 nitrogen and oxygen atoms in total. The lowest BCUT2D eigenvalue weighted by molar-refractivity contribution is 0.0882. The zero-order valence-electron chi connectivity index (χ0n) is 10.9. The van der Waals surface area contributed by atoms with Crippen LogP contribution in [-0.4, -0.2) is 6.61 Å². The van der Waals surface area contributed by atoms with Gasteiger partial charge < -0.3 is 9.57 Å². The molecule has 6 heteroatoms. The van der Waals surface area contributed by atoms with E-state index in [1.54, 1.807) is 6.07 Å². The Morgan fingerprint density at radius 3 is 2.14 bits per heavy atom. The van der Waals surface area contributed by atoms with E-state index >= 15 is 0 Å². The standard InChI is InChI=1S/C15H12F3NO2/c16-10-3-9(15-1-2-20-19-15)4-13(6-10)21-14-7-11(17)5-12(18)8-14/h3-8,15,19H,1-2H2/t15-/m1/s1. The predicted octanol–water partition coefficient (Wildman–Crippen LogP) is 3.86. The van der Waals surface area contributed by atoms with E-state index in [1.165, 1.54) is 6.07 Å². The van der Waals surface area contributed by atoms with Crippen molar-refractivity contribution in [2.24, 2.45) is 0 Å². The topological polar surface area (TPSA) is 30.5 Å². The van der Waals surface area contributed by atoms with Gasteiger partial charge in [-0.25, -0.2) is 13.2 Å². The van der Waals surface area contributed by atoms with Crippen molar-refractivity contribution in [1.29, 1.82) is 0 Å². The summed E-state index contributed by atoms with van der Waals surface area (Å²) < 4.78 is 45.2. The summed E-state index contributed by atoms with van der Waals surface area (Å²) in [7, 11) is 0. The first-order valence-corrected chi connectivity index (χ1v) is 6.42. The van der Waals surface area contributed by atoms with Gasteiger partial charge in [-0.2, -0.15) is 5.48 Å². The van der Waals surface area contributed by atoms with Gasteiger partial charge in [0.05, 0.1) is 12.6 Å². The highest BCUT2D eigenvalue weighted by molar-refractivity contribution is 5.36. The second-order valence-electron chi connectivity index (χ2n) is 4.74. The lowest BCUT2D eigenvalue weighted by atomic mass is 10.1. The summed E-state index contributed by atoms with van der Waals surface area (Å²) in [5, 5.41) is 0. The van der Waals surface area contributed by atoms with Crippen molar-refractivity contribution >= 4 is 0 Å². The maximum atomic E-state index is 13.6. The van der Waals surface area contributed by atoms with Crippen molar-refractivity contribution in [3.63, 3.8) is 0 Å². The van der Waals surface area contributed by atoms with E-state index in [1.807, 2.05) is 0 Å². The van der Waals surface area contributed by atoms with Crippen LogP contribution in [0.5, 0.6) is 11.5 Å². The van der Waals surface area contributed by atoms with Crippen LogP contribution in [0.25, 0.3) is 0 Å². The molecule has 1 heterocycles. The van der Waals surface area contributed by atoms with Crippen molar-refractivity contribution < 1.29 is 22.7 Å². The minimum Gasteiger partial charge on any atom is -0.457 e. The largest absolute Gasteiger partial charge is 0.457 e. The van der Waals surface area contributed by atoms with Crippen LogP contribution in [0, 0.1) is 17.5 Å². The summed E-state index contributed by atoms with van der Waals surface area (Å²) in [6, 6.07) is 6.80. The molecule has 2 aromatic rings. The molecule has 3 rings (SSSR count). The molecule has 1 N–H and O–H groups in total. The second-order valence-corrected chi connectivity index (χ2v) is 4.74. The van der Waals surface area contributed by atoms with E-state index < -0.39 is 17.5 Å². The van der Waals surface area contributed by atoms with Gasteiger partial charge in [-0.1, -0.05) is 0 Å². The number of ether oxygens (including phenoxy) is 1. The lowest BCUT2D eigenvalue weighted by Crippen LogP contribution is -2.11. The number of benzene rings is 2. The monoisotopic (exact) mass is 295 g/mol. The van der Waals surface area contributed by atoms with Crippen molar-refractivity contribution in [2.45, 2.75) is 12.5 Å². The van der Waals surface area contributed by atoms with Crippen LogP contribution in [0.1, 0.15) is 18.0 Å². The summed E-state index contributed by atoms with van der Waals surface area (Å²) in [5.74, 6) is -1.86. The highest BCUT2D eigenvalue weighted by Gasteiger charge is 2.19. The van der Waals surface area contributed by atoms with E-state index in [0.717, 1.165) is 24.3 Å². The molecular formula is C15H12F3NO2. The van der Waals surface area contributed by atoms with Crippen molar-refractivity contribution in [2.75, 3.05) is 6.61 Å². The van der Waals surface area contributed by atoms with E-state index in [4.69, 9.17) is 9.57 Å². The molecule has 0 aromatic heterocycles. The molecule has 1 aliphatic heterocycles. The molecule has 21 heavy (non-hydrogen) atoms. The van der Waals surface area contributed by atoms with Crippen LogP contribution in [0.2, 0.25) is 0 Å². The number of nitrogens with one attached hydrogen (secondary N) is 1. The number of hydrogen-bond donors (Lipinski definition) is 1. The SMILES string of the molecule is Fc1cc(F)cc(Oc2cc(F)cc([C@H]3CCON3)c2)c1. The molecule has 0 spiro atoms. The van der Waals surface area contributed by atoms with Crippen LogP contribution in [-0.2, 0) is 4.84 Å². The summed E-state index contributed by atoms with van der Waals surface area (Å²) in [6.07, 6.45) is 0.706. The maximum Gasteiger partial charge on any atom is 0.133 e. The molecule has 1 atom stereocenters. The third-order valence-electron chi connectivity index (χ3n) is 3.10. The summed E-state index contributed by atoms with van der Waals surface area (Å²) in [4.78, 5) is 5.03. The molecule has 0 bridgehead atoms. The van der Waals surface area contributed by atoms with Crippen LogP contribution >= 0.6 is 0 Å². The Morgan fingerprint density at radius 1 is 0.905 bits per heavy atom. The fourth-order valence-electron chi connectivity index (χ4n) is 2.20. The van der Waals surface area contributed by atoms with Gasteiger partial charge in [0, 0.05) is 24.3 Å². The van der Waals surface area contributed by atoms with Gasteiger partial charge in [-0.3, -0.25) is 0 Å². The van der Waals surface area contributed by atoms with Crippen molar-refractivity contribution in [3.8, 4) is 11.5 Å². The third kappa shape index (κ3) is 3.34. The lowest BCUT2D eigenvalue weighted by Gasteiger charge is -2.12. The molecule has 0 amide bonds. The van der Waals surface area contributed by atoms with Gasteiger partial charge in [0.25, 0.3) is 0 Å². The second kappa shape index (κ2) is 5.75. The van der Waals surface area contributed by atoms with Crippen LogP contribution < -0.4 is 10.2 Å². The zero-order chi connectivity index (χ0) is 14.8. The minimum absolute atomic E-state index is 0.0281. The number of rotatable bonds is 3. The van der Waals surface area contributed by atoms with E-state index in [-0.39, 0.29) is 17.5 Å². The highest BCUT2D eigenvalue weighted by Crippen LogP contribution is 2.29. The number of hydroxylamine groups is 1. The molecule has 0 aliphatic carbocycles. The first kappa shape index (κ1) is 13.9.